The largest absolute Gasteiger partial charge is 0.504 e. The van der Waals surface area contributed by atoms with E-state index in [2.05, 4.69) is 15.6 Å². The number of aromatic hydroxyl groups is 2. The summed E-state index contributed by atoms with van der Waals surface area (Å²) < 4.78 is 4.96. The Labute approximate surface area is 133 Å². The second-order valence-corrected chi connectivity index (χ2v) is 4.97. The van der Waals surface area contributed by atoms with Crippen LogP contribution in [0.4, 0.5) is 0 Å². The van der Waals surface area contributed by atoms with Crippen LogP contribution in [0.25, 0.3) is 0 Å². The lowest BCUT2D eigenvalue weighted by Gasteiger charge is -2.08. The number of carbonyl (C=O) groups excluding carboxylic acids is 2. The summed E-state index contributed by atoms with van der Waals surface area (Å²) in [5.74, 6) is -1.45. The molecule has 1 aliphatic heterocycles. The molecular formula is C15H19N3O5. The zero-order valence-electron chi connectivity index (χ0n) is 12.5. The van der Waals surface area contributed by atoms with Crippen molar-refractivity contribution in [3.63, 3.8) is 0 Å². The monoisotopic (exact) mass is 321 g/mol. The van der Waals surface area contributed by atoms with Crippen LogP contribution in [-0.2, 0) is 9.53 Å². The van der Waals surface area contributed by atoms with Crippen molar-refractivity contribution in [2.45, 2.75) is 12.8 Å². The van der Waals surface area contributed by atoms with Gasteiger partial charge in [-0.2, -0.15) is 0 Å². The molecule has 124 valence electrons. The smallest absolute Gasteiger partial charge is 0.267 e. The number of phenolic OH excluding ortho intramolecular Hbond substituents is 2. The van der Waals surface area contributed by atoms with Gasteiger partial charge in [0.05, 0.1) is 12.2 Å². The third-order valence-corrected chi connectivity index (χ3v) is 3.28. The van der Waals surface area contributed by atoms with Crippen molar-refractivity contribution >= 4 is 17.5 Å². The first-order valence-corrected chi connectivity index (χ1v) is 7.28. The Kier molecular flexibility index (Phi) is 5.93. The molecule has 1 aromatic carbocycles. The highest BCUT2D eigenvalue weighted by molar-refractivity contribution is 6.39. The van der Waals surface area contributed by atoms with Gasteiger partial charge in [0, 0.05) is 13.1 Å². The molecule has 2 amide bonds. The summed E-state index contributed by atoms with van der Waals surface area (Å²) in [5.41, 5.74) is 0.426. The van der Waals surface area contributed by atoms with Gasteiger partial charge in [0.1, 0.15) is 12.4 Å². The maximum absolute atomic E-state index is 11.9. The second kappa shape index (κ2) is 8.14. The molecule has 0 spiro atoms. The third-order valence-electron chi connectivity index (χ3n) is 3.28. The summed E-state index contributed by atoms with van der Waals surface area (Å²) in [4.78, 5) is 27.4. The molecule has 4 N–H and O–H groups in total. The number of amides is 2. The van der Waals surface area contributed by atoms with E-state index in [1.54, 1.807) is 0 Å². The van der Waals surface area contributed by atoms with Crippen LogP contribution >= 0.6 is 0 Å². The number of hydrogen-bond acceptors (Lipinski definition) is 6. The van der Waals surface area contributed by atoms with E-state index < -0.39 is 11.7 Å². The highest BCUT2D eigenvalue weighted by Crippen LogP contribution is 2.27. The van der Waals surface area contributed by atoms with E-state index in [4.69, 9.17) is 4.74 Å². The van der Waals surface area contributed by atoms with E-state index in [0.717, 1.165) is 0 Å². The Morgan fingerprint density at radius 1 is 1.13 bits per heavy atom. The predicted molar refractivity (Wildman–Crippen MR) is 82.6 cm³/mol. The van der Waals surface area contributed by atoms with Crippen LogP contribution in [0.3, 0.4) is 0 Å². The minimum Gasteiger partial charge on any atom is -0.504 e. The van der Waals surface area contributed by atoms with Crippen molar-refractivity contribution < 1.29 is 24.5 Å². The molecule has 0 saturated carbocycles. The van der Waals surface area contributed by atoms with E-state index >= 15 is 0 Å². The zero-order chi connectivity index (χ0) is 16.7. The maximum atomic E-state index is 11.9. The van der Waals surface area contributed by atoms with Gasteiger partial charge in [0.15, 0.2) is 11.5 Å². The van der Waals surface area contributed by atoms with Gasteiger partial charge in [-0.15, -0.1) is 0 Å². The van der Waals surface area contributed by atoms with Crippen LogP contribution in [0.5, 0.6) is 11.5 Å². The average Bonchev–Trinajstić information content (AvgIpc) is 3.07. The molecule has 0 aliphatic carbocycles. The molecule has 0 saturated heterocycles. The number of ether oxygens (including phenoxy) is 1. The average molecular weight is 321 g/mol. The summed E-state index contributed by atoms with van der Waals surface area (Å²) in [7, 11) is 0. The topological polar surface area (TPSA) is 120 Å². The quantitative estimate of drug-likeness (QED) is 0.421. The van der Waals surface area contributed by atoms with Crippen LogP contribution in [0.1, 0.15) is 23.2 Å². The van der Waals surface area contributed by atoms with Crippen molar-refractivity contribution in [2.24, 2.45) is 4.99 Å². The lowest BCUT2D eigenvalue weighted by molar-refractivity contribution is -0.114. The van der Waals surface area contributed by atoms with E-state index in [0.29, 0.717) is 31.6 Å². The first kappa shape index (κ1) is 16.8. The lowest BCUT2D eigenvalue weighted by atomic mass is 10.1. The molecule has 23 heavy (non-hydrogen) atoms. The van der Waals surface area contributed by atoms with Gasteiger partial charge in [0.25, 0.3) is 11.8 Å². The van der Waals surface area contributed by atoms with Crippen LogP contribution in [0.15, 0.2) is 23.2 Å². The summed E-state index contributed by atoms with van der Waals surface area (Å²) in [6, 6.07) is 4.21. The van der Waals surface area contributed by atoms with Gasteiger partial charge in [-0.1, -0.05) is 6.07 Å². The molecule has 0 atom stereocenters. The van der Waals surface area contributed by atoms with Gasteiger partial charge in [-0.3, -0.25) is 14.6 Å². The number of unbranched alkanes of at least 4 members (excludes halogenated alkanes) is 1. The van der Waals surface area contributed by atoms with Crippen LogP contribution in [0, 0.1) is 0 Å². The first-order chi connectivity index (χ1) is 11.1. The molecule has 2 rings (SSSR count). The Bertz CT molecular complexity index is 615. The molecule has 0 fully saturated rings. The Hall–Kier alpha value is -2.61. The van der Waals surface area contributed by atoms with E-state index in [1.807, 2.05) is 0 Å². The summed E-state index contributed by atoms with van der Waals surface area (Å²) in [5, 5.41) is 24.3. The van der Waals surface area contributed by atoms with E-state index in [1.165, 1.54) is 18.2 Å². The molecule has 0 bridgehead atoms. The SMILES string of the molecule is O=C(NCCCCNC(=O)c1cccc(O)c1O)C1=NCOC1. The second-order valence-electron chi connectivity index (χ2n) is 4.97. The van der Waals surface area contributed by atoms with Crippen LogP contribution in [-0.4, -0.2) is 54.2 Å². The van der Waals surface area contributed by atoms with Gasteiger partial charge in [-0.05, 0) is 25.0 Å². The van der Waals surface area contributed by atoms with Crippen molar-refractivity contribution in [1.82, 2.24) is 10.6 Å². The van der Waals surface area contributed by atoms with Gasteiger partial charge in [0.2, 0.25) is 0 Å². The molecule has 8 heteroatoms. The molecule has 1 aliphatic rings. The standard InChI is InChI=1S/C15H19N3O5/c19-12-5-3-4-10(13(12)20)14(21)16-6-1-2-7-17-15(22)11-8-23-9-18-11/h3-5,19-20H,1-2,6-9H2,(H,16,21)(H,17,22). The number of phenols is 2. The van der Waals surface area contributed by atoms with Gasteiger partial charge >= 0.3 is 0 Å². The summed E-state index contributed by atoms with van der Waals surface area (Å²) in [6.45, 7) is 1.35. The number of aliphatic imine (C=N–C) groups is 1. The van der Waals surface area contributed by atoms with Crippen molar-refractivity contribution in [1.29, 1.82) is 0 Å². The maximum Gasteiger partial charge on any atom is 0.267 e. The Morgan fingerprint density at radius 2 is 1.83 bits per heavy atom. The number of para-hydroxylation sites is 1. The molecule has 0 aromatic heterocycles. The van der Waals surface area contributed by atoms with Crippen LogP contribution < -0.4 is 10.6 Å². The lowest BCUT2D eigenvalue weighted by Crippen LogP contribution is -2.33. The molecule has 1 aromatic rings. The number of hydrogen-bond donors (Lipinski definition) is 4. The molecule has 8 nitrogen and oxygen atoms in total. The third kappa shape index (κ3) is 4.68. The van der Waals surface area contributed by atoms with E-state index in [9.17, 15) is 19.8 Å². The zero-order valence-corrected chi connectivity index (χ0v) is 12.5. The minimum atomic E-state index is -0.458. The number of carbonyl (C=O) groups is 2. The number of nitrogens with one attached hydrogen (secondary N) is 2. The van der Waals surface area contributed by atoms with Gasteiger partial charge in [-0.25, -0.2) is 0 Å². The van der Waals surface area contributed by atoms with Crippen molar-refractivity contribution in [3.05, 3.63) is 23.8 Å². The molecule has 0 unspecified atom stereocenters. The molecule has 1 heterocycles. The number of rotatable bonds is 7. The highest BCUT2D eigenvalue weighted by atomic mass is 16.5. The fraction of sp³-hybridized carbons (Fsp3) is 0.400. The summed E-state index contributed by atoms with van der Waals surface area (Å²) >= 11 is 0. The Morgan fingerprint density at radius 3 is 2.48 bits per heavy atom. The summed E-state index contributed by atoms with van der Waals surface area (Å²) in [6.07, 6.45) is 1.35. The number of nitrogens with zero attached hydrogens (tertiary/aromatic N) is 1. The molecular weight excluding hydrogens is 302 g/mol. The van der Waals surface area contributed by atoms with Crippen LogP contribution in [0.2, 0.25) is 0 Å². The predicted octanol–water partition coefficient (Wildman–Crippen LogP) is 0.153. The Balaban J connectivity index is 1.62. The fourth-order valence-corrected chi connectivity index (χ4v) is 2.01. The normalized spacial score (nSPS) is 13.5. The van der Waals surface area contributed by atoms with Crippen molar-refractivity contribution in [2.75, 3.05) is 26.4 Å². The fourth-order valence-electron chi connectivity index (χ4n) is 2.01. The van der Waals surface area contributed by atoms with Crippen molar-refractivity contribution in [3.8, 4) is 11.5 Å². The van der Waals surface area contributed by atoms with Gasteiger partial charge < -0.3 is 25.6 Å². The molecule has 0 radical (unpaired) electrons. The minimum absolute atomic E-state index is 0.0255. The number of benzene rings is 1. The van der Waals surface area contributed by atoms with E-state index in [-0.39, 0.29) is 30.6 Å². The first-order valence-electron chi connectivity index (χ1n) is 7.28. The highest BCUT2D eigenvalue weighted by Gasteiger charge is 2.15.